The second-order valence-corrected chi connectivity index (χ2v) is 7.43. The van der Waals surface area contributed by atoms with E-state index >= 15 is 0 Å². The maximum atomic E-state index is 13.1. The monoisotopic (exact) mass is 460 g/mol. The molecule has 0 aliphatic heterocycles. The van der Waals surface area contributed by atoms with Crippen LogP contribution in [0.4, 0.5) is 26.3 Å². The Kier molecular flexibility index (Phi) is 7.77. The Morgan fingerprint density at radius 1 is 0.938 bits per heavy atom. The predicted octanol–water partition coefficient (Wildman–Crippen LogP) is 6.49. The van der Waals surface area contributed by atoms with E-state index in [4.69, 9.17) is 4.74 Å². The number of benzene rings is 2. The predicted molar refractivity (Wildman–Crippen MR) is 106 cm³/mol. The van der Waals surface area contributed by atoms with Gasteiger partial charge in [-0.3, -0.25) is 0 Å². The van der Waals surface area contributed by atoms with Gasteiger partial charge in [-0.05, 0) is 43.2 Å². The largest absolute Gasteiger partial charge is 0.466 e. The number of ether oxygens (including phenoxy) is 2. The third-order valence-corrected chi connectivity index (χ3v) is 4.93. The van der Waals surface area contributed by atoms with Gasteiger partial charge in [0.15, 0.2) is 0 Å². The van der Waals surface area contributed by atoms with E-state index in [1.165, 1.54) is 26.2 Å². The van der Waals surface area contributed by atoms with Crippen LogP contribution in [-0.2, 0) is 32.0 Å². The summed E-state index contributed by atoms with van der Waals surface area (Å²) in [7, 11) is 1.21. The number of methoxy groups -OCH3 is 1. The highest BCUT2D eigenvalue weighted by atomic mass is 19.4. The lowest BCUT2D eigenvalue weighted by Gasteiger charge is -2.29. The van der Waals surface area contributed by atoms with Crippen LogP contribution in [0.2, 0.25) is 0 Å². The van der Waals surface area contributed by atoms with Gasteiger partial charge >= 0.3 is 18.3 Å². The fraction of sp³-hybridized carbons (Fsp3) is 0.348. The van der Waals surface area contributed by atoms with Gasteiger partial charge in [-0.15, -0.1) is 0 Å². The first-order chi connectivity index (χ1) is 14.8. The summed E-state index contributed by atoms with van der Waals surface area (Å²) in [5.41, 5.74) is -3.26. The van der Waals surface area contributed by atoms with E-state index in [-0.39, 0.29) is 18.2 Å². The molecule has 9 heteroatoms. The van der Waals surface area contributed by atoms with Crippen molar-refractivity contribution in [2.45, 2.75) is 37.7 Å². The maximum absolute atomic E-state index is 13.1. The second-order valence-electron chi connectivity index (χ2n) is 7.43. The SMILES string of the molecule is COC(=O)/C=C/[C@@](C)(CO[C@H](C)c1cc(C(F)(F)F)cc(C(F)(F)F)c1)c1ccccc1. The van der Waals surface area contributed by atoms with E-state index in [9.17, 15) is 31.1 Å². The van der Waals surface area contributed by atoms with E-state index in [1.54, 1.807) is 37.3 Å². The zero-order valence-corrected chi connectivity index (χ0v) is 17.6. The lowest BCUT2D eigenvalue weighted by molar-refractivity contribution is -0.143. The Bertz CT molecular complexity index is 918. The highest BCUT2D eigenvalue weighted by Crippen LogP contribution is 2.38. The molecule has 0 radical (unpaired) electrons. The van der Waals surface area contributed by atoms with Crippen LogP contribution < -0.4 is 0 Å². The number of halogens is 6. The first kappa shape index (κ1) is 25.5. The molecule has 2 aromatic rings. The van der Waals surface area contributed by atoms with Crippen molar-refractivity contribution in [1.29, 1.82) is 0 Å². The van der Waals surface area contributed by atoms with E-state index in [2.05, 4.69) is 4.74 Å². The van der Waals surface area contributed by atoms with Gasteiger partial charge in [-0.2, -0.15) is 26.3 Å². The van der Waals surface area contributed by atoms with Crippen molar-refractivity contribution in [2.75, 3.05) is 13.7 Å². The molecule has 0 saturated carbocycles. The summed E-state index contributed by atoms with van der Waals surface area (Å²) in [6.07, 6.45) is -8.27. The molecule has 0 saturated heterocycles. The molecule has 0 bridgehead atoms. The van der Waals surface area contributed by atoms with Gasteiger partial charge in [0.25, 0.3) is 0 Å². The molecule has 0 aliphatic rings. The number of carbonyl (C=O) groups excluding carboxylic acids is 1. The van der Waals surface area contributed by atoms with Crippen LogP contribution in [0.25, 0.3) is 0 Å². The molecule has 174 valence electrons. The molecule has 2 atom stereocenters. The Hall–Kier alpha value is -2.81. The second kappa shape index (κ2) is 9.77. The van der Waals surface area contributed by atoms with Gasteiger partial charge in [0.2, 0.25) is 0 Å². The normalized spacial score (nSPS) is 15.4. The molecule has 0 aliphatic carbocycles. The van der Waals surface area contributed by atoms with Crippen LogP contribution in [0, 0.1) is 0 Å². The molecule has 0 amide bonds. The van der Waals surface area contributed by atoms with Crippen LogP contribution in [0.15, 0.2) is 60.7 Å². The Labute approximate surface area is 181 Å². The molecular formula is C23H22F6O3. The molecule has 3 nitrogen and oxygen atoms in total. The van der Waals surface area contributed by atoms with Gasteiger partial charge in [0, 0.05) is 11.5 Å². The number of hydrogen-bond donors (Lipinski definition) is 0. The van der Waals surface area contributed by atoms with Gasteiger partial charge in [-0.1, -0.05) is 36.4 Å². The molecule has 0 N–H and O–H groups in total. The third-order valence-electron chi connectivity index (χ3n) is 4.93. The minimum atomic E-state index is -4.95. The molecular weight excluding hydrogens is 438 g/mol. The van der Waals surface area contributed by atoms with E-state index in [0.717, 1.165) is 5.56 Å². The van der Waals surface area contributed by atoms with Crippen molar-refractivity contribution in [3.8, 4) is 0 Å². The van der Waals surface area contributed by atoms with Crippen LogP contribution in [-0.4, -0.2) is 19.7 Å². The van der Waals surface area contributed by atoms with E-state index in [1.807, 2.05) is 0 Å². The third kappa shape index (κ3) is 6.59. The quantitative estimate of drug-likeness (QED) is 0.269. The van der Waals surface area contributed by atoms with Crippen molar-refractivity contribution in [3.63, 3.8) is 0 Å². The van der Waals surface area contributed by atoms with Gasteiger partial charge in [0.1, 0.15) is 0 Å². The Morgan fingerprint density at radius 2 is 1.47 bits per heavy atom. The fourth-order valence-electron chi connectivity index (χ4n) is 2.97. The van der Waals surface area contributed by atoms with E-state index < -0.39 is 41.0 Å². The number of esters is 1. The molecule has 0 spiro atoms. The van der Waals surface area contributed by atoms with Gasteiger partial charge in [-0.25, -0.2) is 4.79 Å². The highest BCUT2D eigenvalue weighted by molar-refractivity contribution is 5.82. The summed E-state index contributed by atoms with van der Waals surface area (Å²) in [5.74, 6) is -0.618. The van der Waals surface area contributed by atoms with Crippen LogP contribution in [0.5, 0.6) is 0 Å². The molecule has 2 rings (SSSR count). The number of hydrogen-bond acceptors (Lipinski definition) is 3. The van der Waals surface area contributed by atoms with Crippen LogP contribution in [0.1, 0.15) is 42.2 Å². The van der Waals surface area contributed by atoms with Gasteiger partial charge in [0.05, 0.1) is 30.9 Å². The van der Waals surface area contributed by atoms with Crippen molar-refractivity contribution < 1.29 is 40.6 Å². The topological polar surface area (TPSA) is 35.5 Å². The molecule has 0 heterocycles. The van der Waals surface area contributed by atoms with E-state index in [0.29, 0.717) is 12.1 Å². The molecule has 0 fully saturated rings. The summed E-state index contributed by atoms with van der Waals surface area (Å²) in [4.78, 5) is 11.5. The minimum Gasteiger partial charge on any atom is -0.466 e. The standard InChI is InChI=1S/C23H22F6O3/c1-15(16-11-18(22(24,25)26)13-19(12-16)23(27,28)29)32-14-21(2,10-9-20(30)31-3)17-7-5-4-6-8-17/h4-13,15H,14H2,1-3H3/b10-9+/t15-,21+/m1/s1. The summed E-state index contributed by atoms with van der Waals surface area (Å²) in [5, 5.41) is 0. The van der Waals surface area contributed by atoms with Crippen molar-refractivity contribution in [3.05, 3.63) is 82.9 Å². The lowest BCUT2D eigenvalue weighted by Crippen LogP contribution is -2.27. The van der Waals surface area contributed by atoms with Crippen LogP contribution >= 0.6 is 0 Å². The maximum Gasteiger partial charge on any atom is 0.416 e. The van der Waals surface area contributed by atoms with Crippen molar-refractivity contribution in [2.24, 2.45) is 0 Å². The minimum absolute atomic E-state index is 0.0728. The number of carbonyl (C=O) groups is 1. The summed E-state index contributed by atoms with van der Waals surface area (Å²) in [6.45, 7) is 2.97. The summed E-state index contributed by atoms with van der Waals surface area (Å²) in [6, 6.07) is 10.2. The molecule has 2 aromatic carbocycles. The average Bonchev–Trinajstić information content (AvgIpc) is 2.74. The summed E-state index contributed by atoms with van der Waals surface area (Å²) < 4.78 is 89.2. The van der Waals surface area contributed by atoms with Crippen LogP contribution in [0.3, 0.4) is 0 Å². The zero-order valence-electron chi connectivity index (χ0n) is 17.6. The Morgan fingerprint density at radius 3 is 1.94 bits per heavy atom. The smallest absolute Gasteiger partial charge is 0.416 e. The summed E-state index contributed by atoms with van der Waals surface area (Å²) >= 11 is 0. The molecule has 0 aromatic heterocycles. The number of alkyl halides is 6. The first-order valence-electron chi connectivity index (χ1n) is 9.50. The van der Waals surface area contributed by atoms with Crippen molar-refractivity contribution in [1.82, 2.24) is 0 Å². The number of rotatable bonds is 7. The van der Waals surface area contributed by atoms with Crippen molar-refractivity contribution >= 4 is 5.97 Å². The average molecular weight is 460 g/mol. The first-order valence-corrected chi connectivity index (χ1v) is 9.50. The Balaban J connectivity index is 2.36. The fourth-order valence-corrected chi connectivity index (χ4v) is 2.97. The lowest BCUT2D eigenvalue weighted by atomic mass is 9.83. The van der Waals surface area contributed by atoms with Gasteiger partial charge < -0.3 is 9.47 Å². The zero-order chi connectivity index (χ0) is 24.2. The molecule has 0 unspecified atom stereocenters. The highest BCUT2D eigenvalue weighted by Gasteiger charge is 2.37. The molecule has 32 heavy (non-hydrogen) atoms.